The highest BCUT2D eigenvalue weighted by molar-refractivity contribution is 8.11. The summed E-state index contributed by atoms with van der Waals surface area (Å²) in [5, 5.41) is 10.1. The Morgan fingerprint density at radius 1 is 1.15 bits per heavy atom. The topological polar surface area (TPSA) is 55.8 Å². The fraction of sp³-hybridized carbons (Fsp3) is 0.645. The number of carbonyl (C=O) groups is 1. The summed E-state index contributed by atoms with van der Waals surface area (Å²) in [7, 11) is 0. The Bertz CT molecular complexity index is 1010. The zero-order valence-corrected chi connectivity index (χ0v) is 25.7. The molecule has 1 N–H and O–H groups in total. The van der Waals surface area contributed by atoms with Gasteiger partial charge in [0.15, 0.2) is 17.2 Å². The third kappa shape index (κ3) is 11.1. The van der Waals surface area contributed by atoms with E-state index in [1.807, 2.05) is 20.8 Å². The maximum Gasteiger partial charge on any atom is 0.387 e. The van der Waals surface area contributed by atoms with Gasteiger partial charge in [0, 0.05) is 23.1 Å². The molecule has 1 rings (SSSR count). The van der Waals surface area contributed by atoms with Gasteiger partial charge in [0.2, 0.25) is 0 Å². The van der Waals surface area contributed by atoms with E-state index in [4.69, 9.17) is 4.74 Å². The van der Waals surface area contributed by atoms with Crippen LogP contribution in [0.25, 0.3) is 4.91 Å². The van der Waals surface area contributed by atoms with Crippen LogP contribution in [0.2, 0.25) is 0 Å². The van der Waals surface area contributed by atoms with Gasteiger partial charge in [0.1, 0.15) is 5.75 Å². The van der Waals surface area contributed by atoms with Gasteiger partial charge < -0.3 is 14.6 Å². The molecule has 0 radical (unpaired) electrons. The molecule has 0 aliphatic rings. The number of alkyl halides is 2. The monoisotopic (exact) mass is 590 g/mol. The van der Waals surface area contributed by atoms with Crippen molar-refractivity contribution in [1.82, 2.24) is 0 Å². The Morgan fingerprint density at radius 3 is 2.27 bits per heavy atom. The average Bonchev–Trinajstić information content (AvgIpc) is 2.86. The zero-order valence-electron chi connectivity index (χ0n) is 24.9. The Balaban J connectivity index is 3.18. The Kier molecular flexibility index (Phi) is 14.8. The van der Waals surface area contributed by atoms with Crippen molar-refractivity contribution >= 4 is 22.6 Å². The van der Waals surface area contributed by atoms with Crippen molar-refractivity contribution in [3.63, 3.8) is 0 Å². The molecule has 3 atom stereocenters. The molecule has 0 aliphatic carbocycles. The lowest BCUT2D eigenvalue weighted by molar-refractivity contribution is -0.171. The maximum absolute atomic E-state index is 14.0. The first-order chi connectivity index (χ1) is 18.6. The van der Waals surface area contributed by atoms with E-state index in [0.717, 1.165) is 36.7 Å². The lowest BCUT2D eigenvalue weighted by atomic mass is 9.71. The first-order valence-corrected chi connectivity index (χ1v) is 14.8. The molecule has 0 heterocycles. The van der Waals surface area contributed by atoms with Crippen molar-refractivity contribution in [2.45, 2.75) is 106 Å². The summed E-state index contributed by atoms with van der Waals surface area (Å²) >= 11 is 1.22. The molecule has 0 fully saturated rings. The molecule has 1 aromatic rings. The Morgan fingerprint density at radius 2 is 1.77 bits per heavy atom. The molecule has 0 aliphatic heterocycles. The molecule has 40 heavy (non-hydrogen) atoms. The molecule has 0 spiro atoms. The number of halogens is 4. The summed E-state index contributed by atoms with van der Waals surface area (Å²) in [4.78, 5) is 13.5. The van der Waals surface area contributed by atoms with Gasteiger partial charge in [0.05, 0.1) is 0 Å². The first kappa shape index (κ1) is 36.0. The van der Waals surface area contributed by atoms with Gasteiger partial charge in [-0.15, -0.1) is 0 Å². The average molecular weight is 591 g/mol. The number of hydrogen-bond donors (Lipinski definition) is 1. The molecule has 0 saturated heterocycles. The predicted octanol–water partition coefficient (Wildman–Crippen LogP) is 10.1. The number of carboxylic acid groups (broad SMARTS) is 1. The molecule has 2 unspecified atom stereocenters. The normalized spacial score (nSPS) is 15.6. The van der Waals surface area contributed by atoms with Gasteiger partial charge in [-0.05, 0) is 66.7 Å². The van der Waals surface area contributed by atoms with Crippen LogP contribution in [0.1, 0.15) is 99.0 Å². The number of hydrogen-bond acceptors (Lipinski definition) is 4. The van der Waals surface area contributed by atoms with Crippen LogP contribution in [0, 0.1) is 28.9 Å². The quantitative estimate of drug-likeness (QED) is 0.172. The smallest absolute Gasteiger partial charge is 0.387 e. The highest BCUT2D eigenvalue weighted by Crippen LogP contribution is 2.43. The molecule has 1 aromatic carbocycles. The minimum Gasteiger partial charge on any atom is -0.479 e. The first-order valence-electron chi connectivity index (χ1n) is 14.0. The Hall–Kier alpha value is -2.00. The zero-order chi connectivity index (χ0) is 30.7. The van der Waals surface area contributed by atoms with Crippen LogP contribution in [0.15, 0.2) is 29.7 Å². The molecule has 228 valence electrons. The minimum atomic E-state index is -3.20. The molecule has 0 bridgehead atoms. The number of thioether (sulfide) groups is 1. The van der Waals surface area contributed by atoms with Crippen molar-refractivity contribution in [2.75, 3.05) is 6.61 Å². The second kappa shape index (κ2) is 16.4. The molecular formula is C31H46F4O4S. The largest absolute Gasteiger partial charge is 0.479 e. The number of rotatable bonds is 18. The molecule has 0 saturated carbocycles. The van der Waals surface area contributed by atoms with E-state index in [9.17, 15) is 27.5 Å². The second-order valence-electron chi connectivity index (χ2n) is 11.3. The van der Waals surface area contributed by atoms with Crippen LogP contribution in [0.5, 0.6) is 5.75 Å². The molecular weight excluding hydrogens is 544 g/mol. The highest BCUT2D eigenvalue weighted by atomic mass is 32.2. The van der Waals surface area contributed by atoms with Gasteiger partial charge in [0.25, 0.3) is 0 Å². The maximum atomic E-state index is 14.0. The van der Waals surface area contributed by atoms with Crippen molar-refractivity contribution in [3.8, 4) is 5.75 Å². The van der Waals surface area contributed by atoms with Gasteiger partial charge in [-0.25, -0.2) is 13.6 Å². The Labute approximate surface area is 241 Å². The van der Waals surface area contributed by atoms with Crippen molar-refractivity contribution < 1.29 is 36.9 Å². The summed E-state index contributed by atoms with van der Waals surface area (Å²) in [6, 6.07) is 1.43. The molecule has 0 aromatic heterocycles. The van der Waals surface area contributed by atoms with Crippen molar-refractivity contribution in [1.29, 1.82) is 0 Å². The van der Waals surface area contributed by atoms with Gasteiger partial charge in [-0.1, -0.05) is 79.3 Å². The fourth-order valence-corrected chi connectivity index (χ4v) is 5.55. The molecule has 9 heteroatoms. The van der Waals surface area contributed by atoms with Crippen LogP contribution in [0.3, 0.4) is 0 Å². The van der Waals surface area contributed by atoms with Gasteiger partial charge >= 0.3 is 12.6 Å². The minimum absolute atomic E-state index is 0.0333. The van der Waals surface area contributed by atoms with Gasteiger partial charge in [-0.2, -0.15) is 8.78 Å². The van der Waals surface area contributed by atoms with E-state index in [-0.39, 0.29) is 27.7 Å². The predicted molar refractivity (Wildman–Crippen MR) is 155 cm³/mol. The summed E-state index contributed by atoms with van der Waals surface area (Å²) in [5.41, 5.74) is -1.45. The second-order valence-corrected chi connectivity index (χ2v) is 12.6. The van der Waals surface area contributed by atoms with E-state index < -0.39 is 35.6 Å². The lowest BCUT2D eigenvalue weighted by Crippen LogP contribution is -2.45. The third-order valence-corrected chi connectivity index (χ3v) is 8.30. The van der Waals surface area contributed by atoms with E-state index in [0.29, 0.717) is 31.9 Å². The van der Waals surface area contributed by atoms with E-state index in [1.165, 1.54) is 11.8 Å². The van der Waals surface area contributed by atoms with Crippen LogP contribution in [0.4, 0.5) is 17.6 Å². The van der Waals surface area contributed by atoms with Crippen molar-refractivity contribution in [2.24, 2.45) is 17.3 Å². The number of carboxylic acids is 1. The van der Waals surface area contributed by atoms with Crippen LogP contribution < -0.4 is 4.74 Å². The standard InChI is InChI=1S/C31H46F4O4S/c1-9-15-38-31(11-3,28(36)37)19-22(30(6,7)8)13-12-14-23(16-20(4)10-2)40-21(5)24-17-25(32)26(33)18-27(24)39-29(34)35/h16-18,20,22,29H,5,9-15,19H2,1-4,6-8H3,(H,36,37)/b23-16-/t20?,22?,31-/m1/s1. The summed E-state index contributed by atoms with van der Waals surface area (Å²) in [6.45, 7) is 15.3. The summed E-state index contributed by atoms with van der Waals surface area (Å²) < 4.78 is 64.0. The molecule has 4 nitrogen and oxygen atoms in total. The van der Waals surface area contributed by atoms with E-state index in [2.05, 4.69) is 45.1 Å². The summed E-state index contributed by atoms with van der Waals surface area (Å²) in [6.07, 6.45) is 6.52. The number of allylic oxidation sites excluding steroid dienone is 2. The van der Waals surface area contributed by atoms with Crippen molar-refractivity contribution in [3.05, 3.63) is 46.9 Å². The van der Waals surface area contributed by atoms with E-state index in [1.54, 1.807) is 0 Å². The lowest BCUT2D eigenvalue weighted by Gasteiger charge is -2.38. The van der Waals surface area contributed by atoms with Crippen LogP contribution in [-0.4, -0.2) is 29.9 Å². The van der Waals surface area contributed by atoms with Gasteiger partial charge in [-0.3, -0.25) is 0 Å². The van der Waals surface area contributed by atoms with E-state index >= 15 is 0 Å². The summed E-state index contributed by atoms with van der Waals surface area (Å²) in [5.74, 6) is -3.61. The van der Waals surface area contributed by atoms with Crippen LogP contribution >= 0.6 is 11.8 Å². The third-order valence-electron chi connectivity index (χ3n) is 7.23. The fourth-order valence-electron chi connectivity index (χ4n) is 4.42. The number of ether oxygens (including phenoxy) is 2. The highest BCUT2D eigenvalue weighted by Gasteiger charge is 2.42. The number of benzene rings is 1. The van der Waals surface area contributed by atoms with Crippen LogP contribution in [-0.2, 0) is 9.53 Å². The molecule has 0 amide bonds. The number of aliphatic carboxylic acids is 1. The SMILES string of the molecule is C=C(S/C(=C\C(C)CC)CCCC(C[C@@](CC)(OCCC)C(=O)O)C(C)(C)C)c1cc(F)c(F)cc1OC(F)F.